The van der Waals surface area contributed by atoms with E-state index in [-0.39, 0.29) is 0 Å². The lowest BCUT2D eigenvalue weighted by molar-refractivity contribution is 0.0799. The van der Waals surface area contributed by atoms with Crippen molar-refractivity contribution >= 4 is 46.1 Å². The lowest BCUT2D eigenvalue weighted by Gasteiger charge is -2.31. The fourth-order valence-electron chi connectivity index (χ4n) is 6.62. The summed E-state index contributed by atoms with van der Waals surface area (Å²) in [6.45, 7) is 4.74. The van der Waals surface area contributed by atoms with Crippen LogP contribution in [0.3, 0.4) is 0 Å². The van der Waals surface area contributed by atoms with Crippen molar-refractivity contribution in [1.29, 1.82) is 0 Å². The highest BCUT2D eigenvalue weighted by molar-refractivity contribution is 6.55. The minimum atomic E-state index is -0.608. The van der Waals surface area contributed by atoms with Crippen molar-refractivity contribution in [3.05, 3.63) is 131 Å². The number of fused-ring (bicyclic) bond motifs is 2. The molecule has 4 aromatic rings. The van der Waals surface area contributed by atoms with E-state index < -0.39 is 12.7 Å². The minimum absolute atomic E-state index is 0.332. The molecule has 0 bridgehead atoms. The molecule has 4 aliphatic rings. The Labute approximate surface area is 314 Å². The Hall–Kier alpha value is -7.34. The number of hydrogen-bond donors (Lipinski definition) is 0. The van der Waals surface area contributed by atoms with Crippen LogP contribution >= 0.6 is 0 Å². The van der Waals surface area contributed by atoms with E-state index in [0.717, 1.165) is 45.0 Å². The van der Waals surface area contributed by atoms with E-state index in [4.69, 9.17) is 55.1 Å². The monoisotopic (exact) mass is 704 g/mol. The van der Waals surface area contributed by atoms with Crippen molar-refractivity contribution in [3.8, 4) is 49.4 Å². The van der Waals surface area contributed by atoms with E-state index in [9.17, 15) is 0 Å². The van der Waals surface area contributed by atoms with Crippen LogP contribution in [-0.2, 0) is 9.47 Å². The minimum Gasteiger partial charge on any atom is -0.340 e. The van der Waals surface area contributed by atoms with E-state index in [1.165, 1.54) is 0 Å². The second kappa shape index (κ2) is 14.0. The van der Waals surface area contributed by atoms with Crippen LogP contribution in [0.5, 0.6) is 0 Å². The van der Waals surface area contributed by atoms with Gasteiger partial charge in [0.25, 0.3) is 0 Å². The van der Waals surface area contributed by atoms with Crippen molar-refractivity contribution in [2.75, 3.05) is 32.8 Å². The molecule has 4 aromatic carbocycles. The Balaban J connectivity index is 1.30. The third-order valence-corrected chi connectivity index (χ3v) is 9.12. The molecule has 0 atom stereocenters. The standard InChI is InChI=1S/C44H32N8O2/c1-7-29-13-21-33(22-14-29)49-39-40(50(43(49)53-11-5)34-23-15-30(8-2)16-24-34)46-37(45-39)38-47-41-42(48-38)52(36-27-19-32(10-4)20-28-36)44(54-12-6)51(41)35-25-17-31(9-3)18-26-35/h1-4,13-28,43-44H,11-12H2,5-6H3. The predicted octanol–water partition coefficient (Wildman–Crippen LogP) is 6.35. The maximum Gasteiger partial charge on any atom is 0.221 e. The molecule has 0 aliphatic carbocycles. The zero-order valence-electron chi connectivity index (χ0n) is 29.5. The molecule has 10 nitrogen and oxygen atoms in total. The number of amidine groups is 4. The maximum atomic E-state index is 6.39. The molecule has 4 heterocycles. The van der Waals surface area contributed by atoms with Gasteiger partial charge in [0.1, 0.15) is 0 Å². The van der Waals surface area contributed by atoms with Crippen LogP contribution < -0.4 is 19.6 Å². The van der Waals surface area contributed by atoms with E-state index in [1.54, 1.807) is 0 Å². The molecule has 0 unspecified atom stereocenters. The van der Waals surface area contributed by atoms with Gasteiger partial charge in [-0.3, -0.25) is 19.6 Å². The van der Waals surface area contributed by atoms with Gasteiger partial charge in [0.05, 0.1) is 0 Å². The quantitative estimate of drug-likeness (QED) is 0.199. The Morgan fingerprint density at radius 3 is 0.833 bits per heavy atom. The molecule has 0 amide bonds. The molecular formula is C44H32N8O2. The van der Waals surface area contributed by atoms with Crippen LogP contribution in [-0.4, -0.2) is 49.3 Å². The Bertz CT molecular complexity index is 2120. The highest BCUT2D eigenvalue weighted by atomic mass is 16.5. The van der Waals surface area contributed by atoms with Crippen molar-refractivity contribution in [2.24, 2.45) is 20.0 Å². The molecule has 2 fully saturated rings. The zero-order chi connectivity index (χ0) is 37.3. The number of ether oxygens (including phenoxy) is 2. The van der Waals surface area contributed by atoms with Gasteiger partial charge in [-0.2, -0.15) is 0 Å². The Kier molecular flexibility index (Phi) is 8.76. The first-order chi connectivity index (χ1) is 26.5. The number of benzene rings is 4. The number of nitrogens with zero attached hydrogens (tertiary/aromatic N) is 8. The van der Waals surface area contributed by atoms with E-state index in [0.29, 0.717) is 48.2 Å². The molecule has 0 N–H and O–H groups in total. The van der Waals surface area contributed by atoms with E-state index in [2.05, 4.69) is 23.7 Å². The number of terminal acetylenes is 4. The SMILES string of the molecule is C#Cc1ccc(N2C3=NC(=C4N=C5C(=N4)N(c4ccc(C#C)cc4)C(OCC)N5c4ccc(C#C)cc4)N=C3N(c3ccc(C#C)cc3)C2OCC)cc1. The average molecular weight is 705 g/mol. The fourth-order valence-corrected chi connectivity index (χ4v) is 6.62. The van der Waals surface area contributed by atoms with Crippen LogP contribution in [0.2, 0.25) is 0 Å². The van der Waals surface area contributed by atoms with Gasteiger partial charge >= 0.3 is 0 Å². The van der Waals surface area contributed by atoms with Crippen LogP contribution in [0.4, 0.5) is 22.7 Å². The average Bonchev–Trinajstić information content (AvgIpc) is 3.97. The first kappa shape index (κ1) is 33.8. The van der Waals surface area contributed by atoms with Crippen molar-refractivity contribution in [3.63, 3.8) is 0 Å². The summed E-state index contributed by atoms with van der Waals surface area (Å²) in [4.78, 5) is 28.3. The summed E-state index contributed by atoms with van der Waals surface area (Å²) < 4.78 is 12.8. The van der Waals surface area contributed by atoms with E-state index in [1.807, 2.05) is 131 Å². The molecule has 2 saturated heterocycles. The lowest BCUT2D eigenvalue weighted by atomic mass is 10.2. The van der Waals surface area contributed by atoms with Crippen LogP contribution in [0, 0.1) is 49.4 Å². The molecule has 54 heavy (non-hydrogen) atoms. The molecule has 0 spiro atoms. The highest BCUT2D eigenvalue weighted by Gasteiger charge is 2.49. The molecule has 0 aromatic heterocycles. The van der Waals surface area contributed by atoms with Gasteiger partial charge in [0, 0.05) is 58.2 Å². The normalized spacial score (nSPS) is 16.3. The molecule has 10 heteroatoms. The van der Waals surface area contributed by atoms with Gasteiger partial charge in [0.2, 0.25) is 24.3 Å². The Morgan fingerprint density at radius 1 is 0.426 bits per heavy atom. The summed E-state index contributed by atoms with van der Waals surface area (Å²) in [5.41, 5.74) is 6.28. The smallest absolute Gasteiger partial charge is 0.221 e. The molecule has 0 saturated carbocycles. The molecule has 4 aliphatic heterocycles. The maximum absolute atomic E-state index is 6.39. The third kappa shape index (κ3) is 5.66. The van der Waals surface area contributed by atoms with Gasteiger partial charge in [0.15, 0.2) is 23.3 Å². The molecule has 8 rings (SSSR count). The third-order valence-electron chi connectivity index (χ3n) is 9.12. The van der Waals surface area contributed by atoms with Crippen LogP contribution in [0.1, 0.15) is 36.1 Å². The molecular weight excluding hydrogens is 673 g/mol. The van der Waals surface area contributed by atoms with Crippen molar-refractivity contribution < 1.29 is 9.47 Å². The van der Waals surface area contributed by atoms with Gasteiger partial charge in [-0.25, -0.2) is 20.0 Å². The summed E-state index contributed by atoms with van der Waals surface area (Å²) in [5, 5.41) is 0. The highest BCUT2D eigenvalue weighted by Crippen LogP contribution is 2.39. The number of aliphatic imine (C=N–C) groups is 4. The fraction of sp³-hybridized carbons (Fsp3) is 0.136. The zero-order valence-corrected chi connectivity index (χ0v) is 29.5. The molecule has 260 valence electrons. The number of rotatable bonds is 8. The molecule has 0 radical (unpaired) electrons. The van der Waals surface area contributed by atoms with Crippen molar-refractivity contribution in [1.82, 2.24) is 0 Å². The predicted molar refractivity (Wildman–Crippen MR) is 215 cm³/mol. The van der Waals surface area contributed by atoms with Gasteiger partial charge in [-0.1, -0.05) is 23.7 Å². The summed E-state index contributed by atoms with van der Waals surface area (Å²) >= 11 is 0. The van der Waals surface area contributed by atoms with Crippen molar-refractivity contribution in [2.45, 2.75) is 26.6 Å². The Morgan fingerprint density at radius 2 is 0.648 bits per heavy atom. The van der Waals surface area contributed by atoms with Gasteiger partial charge in [-0.05, 0) is 111 Å². The second-order valence-electron chi connectivity index (χ2n) is 12.2. The van der Waals surface area contributed by atoms with Crippen LogP contribution in [0.25, 0.3) is 0 Å². The summed E-state index contributed by atoms with van der Waals surface area (Å²) in [6.07, 6.45) is 21.6. The largest absolute Gasteiger partial charge is 0.340 e. The lowest BCUT2D eigenvalue weighted by Crippen LogP contribution is -2.43. The van der Waals surface area contributed by atoms with Gasteiger partial charge < -0.3 is 9.47 Å². The van der Waals surface area contributed by atoms with Crippen LogP contribution in [0.15, 0.2) is 129 Å². The number of hydrogen-bond acceptors (Lipinski definition) is 10. The van der Waals surface area contributed by atoms with Gasteiger partial charge in [-0.15, -0.1) is 25.7 Å². The topological polar surface area (TPSA) is 80.9 Å². The first-order valence-corrected chi connectivity index (χ1v) is 17.3. The number of anilines is 4. The summed E-state index contributed by atoms with van der Waals surface area (Å²) in [7, 11) is 0. The summed E-state index contributed by atoms with van der Waals surface area (Å²) in [6, 6.07) is 30.6. The van der Waals surface area contributed by atoms with E-state index >= 15 is 0 Å². The second-order valence-corrected chi connectivity index (χ2v) is 12.2. The first-order valence-electron chi connectivity index (χ1n) is 17.3. The summed E-state index contributed by atoms with van der Waals surface area (Å²) in [5.74, 6) is 13.7.